The van der Waals surface area contributed by atoms with Crippen molar-refractivity contribution in [3.8, 4) is 0 Å². The van der Waals surface area contributed by atoms with Crippen LogP contribution in [0.25, 0.3) is 0 Å². The fourth-order valence-electron chi connectivity index (χ4n) is 2.10. The van der Waals surface area contributed by atoms with Gasteiger partial charge in [-0.1, -0.05) is 12.1 Å². The highest BCUT2D eigenvalue weighted by Gasteiger charge is 2.16. The number of piperazine rings is 1. The van der Waals surface area contributed by atoms with E-state index in [1.165, 1.54) is 12.1 Å². The van der Waals surface area contributed by atoms with Crippen molar-refractivity contribution in [2.75, 3.05) is 32.7 Å². The van der Waals surface area contributed by atoms with Crippen molar-refractivity contribution >= 4 is 24.2 Å². The molecule has 0 aromatic heterocycles. The molecule has 0 aliphatic carbocycles. The van der Waals surface area contributed by atoms with Gasteiger partial charge >= 0.3 is 0 Å². The number of hydrogen-bond donors (Lipinski definition) is 2. The van der Waals surface area contributed by atoms with E-state index in [1.807, 2.05) is 0 Å². The number of carbonyl (C=O) groups excluding carboxylic acids is 2. The number of nitrogens with zero attached hydrogens (tertiary/aromatic N) is 1. The summed E-state index contributed by atoms with van der Waals surface area (Å²) in [6.07, 6.45) is 0.0760. The summed E-state index contributed by atoms with van der Waals surface area (Å²) in [5.41, 5.74) is 0.595. The van der Waals surface area contributed by atoms with Crippen LogP contribution in [0.15, 0.2) is 24.3 Å². The number of carbonyl (C=O) groups is 2. The van der Waals surface area contributed by atoms with Crippen LogP contribution < -0.4 is 10.6 Å². The molecule has 2 rings (SSSR count). The quantitative estimate of drug-likeness (QED) is 0.842. The largest absolute Gasteiger partial charge is 0.347 e. The van der Waals surface area contributed by atoms with E-state index in [-0.39, 0.29) is 43.0 Å². The van der Waals surface area contributed by atoms with Crippen LogP contribution in [0.2, 0.25) is 0 Å². The second-order valence-electron chi connectivity index (χ2n) is 4.71. The molecule has 0 bridgehead atoms. The molecule has 1 aliphatic heterocycles. The third-order valence-electron chi connectivity index (χ3n) is 3.16. The van der Waals surface area contributed by atoms with Gasteiger partial charge in [-0.2, -0.15) is 0 Å². The lowest BCUT2D eigenvalue weighted by Gasteiger charge is -2.27. The topological polar surface area (TPSA) is 61.4 Å². The van der Waals surface area contributed by atoms with Crippen LogP contribution in [0.4, 0.5) is 4.39 Å². The summed E-state index contributed by atoms with van der Waals surface area (Å²) in [4.78, 5) is 25.2. The standard InChI is InChI=1S/C14H18FN3O2.ClH/c15-12-3-1-2-11(8-12)9-13(19)17-10-14(20)18-6-4-16-5-7-18;/h1-3,8,16H,4-7,9-10H2,(H,17,19);1H. The Balaban J connectivity index is 0.00000220. The third-order valence-corrected chi connectivity index (χ3v) is 3.16. The van der Waals surface area contributed by atoms with E-state index >= 15 is 0 Å². The maximum absolute atomic E-state index is 13.0. The zero-order chi connectivity index (χ0) is 14.4. The van der Waals surface area contributed by atoms with Crippen LogP contribution in [0.5, 0.6) is 0 Å². The summed E-state index contributed by atoms with van der Waals surface area (Å²) in [7, 11) is 0. The van der Waals surface area contributed by atoms with Crippen molar-refractivity contribution in [3.05, 3.63) is 35.6 Å². The Bertz CT molecular complexity index is 493. The first-order valence-electron chi connectivity index (χ1n) is 6.65. The fourth-order valence-corrected chi connectivity index (χ4v) is 2.10. The van der Waals surface area contributed by atoms with Gasteiger partial charge in [0.25, 0.3) is 0 Å². The maximum atomic E-state index is 13.0. The molecule has 1 heterocycles. The molecule has 1 aromatic carbocycles. The van der Waals surface area contributed by atoms with Gasteiger partial charge in [0, 0.05) is 26.2 Å². The normalized spacial score (nSPS) is 14.2. The van der Waals surface area contributed by atoms with E-state index in [9.17, 15) is 14.0 Å². The Morgan fingerprint density at radius 1 is 1.29 bits per heavy atom. The molecule has 2 amide bonds. The molecule has 21 heavy (non-hydrogen) atoms. The van der Waals surface area contributed by atoms with E-state index in [1.54, 1.807) is 17.0 Å². The van der Waals surface area contributed by atoms with Crippen LogP contribution in [-0.4, -0.2) is 49.4 Å². The summed E-state index contributed by atoms with van der Waals surface area (Å²) in [5, 5.41) is 5.73. The Morgan fingerprint density at radius 3 is 2.67 bits per heavy atom. The summed E-state index contributed by atoms with van der Waals surface area (Å²) < 4.78 is 13.0. The van der Waals surface area contributed by atoms with Gasteiger partial charge in [-0.3, -0.25) is 9.59 Å². The number of halogens is 2. The van der Waals surface area contributed by atoms with Gasteiger partial charge in [0.2, 0.25) is 11.8 Å². The molecule has 7 heteroatoms. The van der Waals surface area contributed by atoms with Crippen molar-refractivity contribution in [1.29, 1.82) is 0 Å². The highest BCUT2D eigenvalue weighted by molar-refractivity contribution is 5.86. The summed E-state index contributed by atoms with van der Waals surface area (Å²) in [5.74, 6) is -0.731. The van der Waals surface area contributed by atoms with Gasteiger partial charge in [0.15, 0.2) is 0 Å². The molecular formula is C14H19ClFN3O2. The van der Waals surface area contributed by atoms with Crippen LogP contribution >= 0.6 is 12.4 Å². The van der Waals surface area contributed by atoms with Gasteiger partial charge in [-0.15, -0.1) is 12.4 Å². The second kappa shape index (κ2) is 8.59. The average Bonchev–Trinajstić information content (AvgIpc) is 2.46. The summed E-state index contributed by atoms with van der Waals surface area (Å²) in [6, 6.07) is 5.89. The summed E-state index contributed by atoms with van der Waals surface area (Å²) >= 11 is 0. The van der Waals surface area contributed by atoms with E-state index in [0.717, 1.165) is 13.1 Å². The monoisotopic (exact) mass is 315 g/mol. The van der Waals surface area contributed by atoms with E-state index in [0.29, 0.717) is 18.7 Å². The maximum Gasteiger partial charge on any atom is 0.242 e. The molecule has 0 unspecified atom stereocenters. The molecule has 1 aromatic rings. The van der Waals surface area contributed by atoms with Crippen molar-refractivity contribution in [1.82, 2.24) is 15.5 Å². The smallest absolute Gasteiger partial charge is 0.242 e. The number of nitrogens with one attached hydrogen (secondary N) is 2. The third kappa shape index (κ3) is 5.69. The molecule has 1 aliphatic rings. The second-order valence-corrected chi connectivity index (χ2v) is 4.71. The lowest BCUT2D eigenvalue weighted by molar-refractivity contribution is -0.133. The zero-order valence-corrected chi connectivity index (χ0v) is 12.4. The van der Waals surface area contributed by atoms with Crippen LogP contribution in [0.1, 0.15) is 5.56 Å². The average molecular weight is 316 g/mol. The van der Waals surface area contributed by atoms with Crippen LogP contribution in [-0.2, 0) is 16.0 Å². The van der Waals surface area contributed by atoms with Crippen molar-refractivity contribution < 1.29 is 14.0 Å². The van der Waals surface area contributed by atoms with Gasteiger partial charge in [0.1, 0.15) is 5.82 Å². The highest BCUT2D eigenvalue weighted by atomic mass is 35.5. The molecule has 2 N–H and O–H groups in total. The lowest BCUT2D eigenvalue weighted by Crippen LogP contribution is -2.49. The van der Waals surface area contributed by atoms with Crippen molar-refractivity contribution in [2.24, 2.45) is 0 Å². The van der Waals surface area contributed by atoms with Gasteiger partial charge in [0.05, 0.1) is 13.0 Å². The van der Waals surface area contributed by atoms with Crippen LogP contribution in [0, 0.1) is 5.82 Å². The van der Waals surface area contributed by atoms with Crippen LogP contribution in [0.3, 0.4) is 0 Å². The van der Waals surface area contributed by atoms with Gasteiger partial charge in [-0.25, -0.2) is 4.39 Å². The van der Waals surface area contributed by atoms with E-state index < -0.39 is 0 Å². The number of hydrogen-bond acceptors (Lipinski definition) is 3. The molecule has 0 spiro atoms. The molecule has 1 fully saturated rings. The Morgan fingerprint density at radius 2 is 2.00 bits per heavy atom. The zero-order valence-electron chi connectivity index (χ0n) is 11.6. The molecule has 1 saturated heterocycles. The van der Waals surface area contributed by atoms with E-state index in [4.69, 9.17) is 0 Å². The summed E-state index contributed by atoms with van der Waals surface area (Å²) in [6.45, 7) is 2.89. The van der Waals surface area contributed by atoms with Gasteiger partial charge < -0.3 is 15.5 Å². The SMILES string of the molecule is Cl.O=C(Cc1cccc(F)c1)NCC(=O)N1CCNCC1. The minimum absolute atomic E-state index is 0. The van der Waals surface area contributed by atoms with Crippen molar-refractivity contribution in [3.63, 3.8) is 0 Å². The molecule has 0 saturated carbocycles. The Labute approximate surface area is 129 Å². The first-order chi connectivity index (χ1) is 9.65. The molecule has 0 atom stereocenters. The number of rotatable bonds is 4. The minimum Gasteiger partial charge on any atom is -0.347 e. The fraction of sp³-hybridized carbons (Fsp3) is 0.429. The Kier molecular flexibility index (Phi) is 7.11. The first kappa shape index (κ1) is 17.4. The minimum atomic E-state index is -0.368. The lowest BCUT2D eigenvalue weighted by atomic mass is 10.1. The van der Waals surface area contributed by atoms with E-state index in [2.05, 4.69) is 10.6 Å². The predicted molar refractivity (Wildman–Crippen MR) is 79.8 cm³/mol. The molecule has 5 nitrogen and oxygen atoms in total. The van der Waals surface area contributed by atoms with Crippen molar-refractivity contribution in [2.45, 2.75) is 6.42 Å². The number of benzene rings is 1. The highest BCUT2D eigenvalue weighted by Crippen LogP contribution is 2.04. The molecule has 0 radical (unpaired) electrons. The first-order valence-corrected chi connectivity index (χ1v) is 6.65. The predicted octanol–water partition coefficient (Wildman–Crippen LogP) is 0.338. The Hall–Kier alpha value is -1.66. The molecule has 116 valence electrons. The number of amides is 2. The van der Waals surface area contributed by atoms with Gasteiger partial charge in [-0.05, 0) is 17.7 Å². The molecular weight excluding hydrogens is 297 g/mol.